The summed E-state index contributed by atoms with van der Waals surface area (Å²) >= 11 is 1.28. The van der Waals surface area contributed by atoms with Crippen LogP contribution in [0.4, 0.5) is 10.8 Å². The van der Waals surface area contributed by atoms with Gasteiger partial charge in [0.25, 0.3) is 11.6 Å². The highest BCUT2D eigenvalue weighted by molar-refractivity contribution is 7.22. The number of rotatable bonds is 3. The number of nitro groups is 1. The van der Waals surface area contributed by atoms with Crippen LogP contribution in [0.25, 0.3) is 21.0 Å². The summed E-state index contributed by atoms with van der Waals surface area (Å²) in [7, 11) is 0. The number of nitro benzene ring substituents is 1. The van der Waals surface area contributed by atoms with E-state index in [2.05, 4.69) is 10.3 Å². The lowest BCUT2D eigenvalue weighted by atomic mass is 10.0. The minimum atomic E-state index is -0.465. The van der Waals surface area contributed by atoms with Crippen molar-refractivity contribution < 1.29 is 9.72 Å². The van der Waals surface area contributed by atoms with Gasteiger partial charge in [-0.2, -0.15) is 0 Å². The second kappa shape index (κ2) is 5.95. The Hall–Kier alpha value is -3.32. The fourth-order valence-electron chi connectivity index (χ4n) is 2.67. The van der Waals surface area contributed by atoms with Gasteiger partial charge in [0.2, 0.25) is 0 Å². The van der Waals surface area contributed by atoms with Crippen LogP contribution >= 0.6 is 11.3 Å². The Morgan fingerprint density at radius 3 is 2.72 bits per heavy atom. The van der Waals surface area contributed by atoms with Crippen LogP contribution in [0.5, 0.6) is 0 Å². The summed E-state index contributed by atoms with van der Waals surface area (Å²) in [4.78, 5) is 27.3. The molecule has 0 unspecified atom stereocenters. The molecule has 4 aromatic rings. The molecule has 0 saturated heterocycles. The predicted molar refractivity (Wildman–Crippen MR) is 98.2 cm³/mol. The number of nitrogens with one attached hydrogen (secondary N) is 1. The molecule has 1 aromatic heterocycles. The number of nitrogens with zero attached hydrogens (tertiary/aromatic N) is 2. The van der Waals surface area contributed by atoms with E-state index in [1.807, 2.05) is 36.4 Å². The van der Waals surface area contributed by atoms with Crippen LogP contribution in [-0.2, 0) is 0 Å². The molecule has 0 saturated carbocycles. The Balaban J connectivity index is 1.68. The number of amides is 1. The molecule has 0 spiro atoms. The van der Waals surface area contributed by atoms with Gasteiger partial charge in [-0.05, 0) is 22.9 Å². The summed E-state index contributed by atoms with van der Waals surface area (Å²) in [6.45, 7) is 0. The van der Waals surface area contributed by atoms with Crippen LogP contribution in [0.2, 0.25) is 0 Å². The largest absolute Gasteiger partial charge is 0.298 e. The van der Waals surface area contributed by atoms with Crippen LogP contribution in [0, 0.1) is 10.1 Å². The smallest absolute Gasteiger partial charge is 0.271 e. The minimum absolute atomic E-state index is 0.0234. The summed E-state index contributed by atoms with van der Waals surface area (Å²) in [6, 6.07) is 17.7. The molecule has 0 radical (unpaired) electrons. The van der Waals surface area contributed by atoms with E-state index in [0.29, 0.717) is 16.2 Å². The molecule has 1 N–H and O–H groups in total. The zero-order valence-corrected chi connectivity index (χ0v) is 13.6. The number of hydrogen-bond donors (Lipinski definition) is 1. The molecule has 0 fully saturated rings. The van der Waals surface area contributed by atoms with Crippen molar-refractivity contribution in [1.29, 1.82) is 0 Å². The molecule has 0 aliphatic rings. The van der Waals surface area contributed by atoms with E-state index in [-0.39, 0.29) is 11.6 Å². The Morgan fingerprint density at radius 1 is 1.08 bits per heavy atom. The maximum Gasteiger partial charge on any atom is 0.271 e. The second-order valence-electron chi connectivity index (χ2n) is 5.41. The molecule has 25 heavy (non-hydrogen) atoms. The first-order valence-corrected chi connectivity index (χ1v) is 8.27. The molecule has 0 atom stereocenters. The van der Waals surface area contributed by atoms with Gasteiger partial charge in [-0.25, -0.2) is 4.98 Å². The van der Waals surface area contributed by atoms with Crippen LogP contribution in [-0.4, -0.2) is 15.8 Å². The fraction of sp³-hybridized carbons (Fsp3) is 0. The van der Waals surface area contributed by atoms with Gasteiger partial charge in [-0.3, -0.25) is 20.2 Å². The van der Waals surface area contributed by atoms with Gasteiger partial charge in [0.15, 0.2) is 5.13 Å². The van der Waals surface area contributed by atoms with E-state index in [9.17, 15) is 14.9 Å². The number of carbonyl (C=O) groups is 1. The lowest BCUT2D eigenvalue weighted by Crippen LogP contribution is -2.12. The number of hydrogen-bond acceptors (Lipinski definition) is 5. The summed E-state index contributed by atoms with van der Waals surface area (Å²) in [6.07, 6.45) is 0. The Kier molecular flexibility index (Phi) is 3.62. The number of benzene rings is 3. The zero-order chi connectivity index (χ0) is 17.4. The van der Waals surface area contributed by atoms with Crippen molar-refractivity contribution in [3.63, 3.8) is 0 Å². The lowest BCUT2D eigenvalue weighted by molar-refractivity contribution is -0.384. The quantitative estimate of drug-likeness (QED) is 0.432. The van der Waals surface area contributed by atoms with Crippen molar-refractivity contribution in [3.8, 4) is 0 Å². The van der Waals surface area contributed by atoms with Gasteiger partial charge in [-0.1, -0.05) is 47.7 Å². The summed E-state index contributed by atoms with van der Waals surface area (Å²) in [5.41, 5.74) is 1.03. The number of fused-ring (bicyclic) bond motifs is 2. The van der Waals surface area contributed by atoms with Crippen LogP contribution in [0.1, 0.15) is 10.4 Å². The van der Waals surface area contributed by atoms with Crippen LogP contribution in [0.3, 0.4) is 0 Å². The molecular weight excluding hydrogens is 338 g/mol. The number of anilines is 1. The highest BCUT2D eigenvalue weighted by Gasteiger charge is 2.14. The van der Waals surface area contributed by atoms with E-state index >= 15 is 0 Å². The average Bonchev–Trinajstić information content (AvgIpc) is 3.02. The van der Waals surface area contributed by atoms with Crippen molar-refractivity contribution in [2.75, 3.05) is 5.32 Å². The molecule has 1 heterocycles. The summed E-state index contributed by atoms with van der Waals surface area (Å²) in [5, 5.41) is 15.9. The standard InChI is InChI=1S/C18H11N3O3S/c22-17(14-7-3-5-11-4-1-2-6-13(11)14)20-18-19-15-10-12(21(23)24)8-9-16(15)25-18/h1-10H,(H,19,20,22). The molecular formula is C18H11N3O3S. The molecule has 0 bridgehead atoms. The van der Waals surface area contributed by atoms with Gasteiger partial charge < -0.3 is 0 Å². The van der Waals surface area contributed by atoms with Gasteiger partial charge in [0.1, 0.15) is 0 Å². The van der Waals surface area contributed by atoms with Crippen LogP contribution < -0.4 is 5.32 Å². The normalized spacial score (nSPS) is 10.9. The molecule has 6 nitrogen and oxygen atoms in total. The Labute approximate surface area is 145 Å². The molecule has 122 valence electrons. The molecule has 3 aromatic carbocycles. The third-order valence-corrected chi connectivity index (χ3v) is 4.79. The van der Waals surface area contributed by atoms with Crippen LogP contribution in [0.15, 0.2) is 60.7 Å². The molecule has 0 aliphatic heterocycles. The van der Waals surface area contributed by atoms with E-state index in [4.69, 9.17) is 0 Å². The van der Waals surface area contributed by atoms with Crippen molar-refractivity contribution in [1.82, 2.24) is 4.98 Å². The second-order valence-corrected chi connectivity index (χ2v) is 6.44. The van der Waals surface area contributed by atoms with Gasteiger partial charge in [0.05, 0.1) is 15.1 Å². The first-order valence-electron chi connectivity index (χ1n) is 7.46. The lowest BCUT2D eigenvalue weighted by Gasteiger charge is -2.05. The molecule has 7 heteroatoms. The topological polar surface area (TPSA) is 85.1 Å². The third kappa shape index (κ3) is 2.81. The SMILES string of the molecule is O=C(Nc1nc2cc([N+](=O)[O-])ccc2s1)c1cccc2ccccc12. The molecule has 1 amide bonds. The molecule has 0 aliphatic carbocycles. The average molecular weight is 349 g/mol. The maximum atomic E-state index is 12.6. The van der Waals surface area contributed by atoms with E-state index < -0.39 is 4.92 Å². The third-order valence-electron chi connectivity index (χ3n) is 3.84. The summed E-state index contributed by atoms with van der Waals surface area (Å²) < 4.78 is 0.777. The number of thiazole rings is 1. The van der Waals surface area contributed by atoms with Crippen molar-refractivity contribution in [2.45, 2.75) is 0 Å². The first kappa shape index (κ1) is 15.2. The van der Waals surface area contributed by atoms with Crippen molar-refractivity contribution in [3.05, 3.63) is 76.3 Å². The number of aromatic nitrogens is 1. The van der Waals surface area contributed by atoms with Gasteiger partial charge >= 0.3 is 0 Å². The highest BCUT2D eigenvalue weighted by Crippen LogP contribution is 2.29. The minimum Gasteiger partial charge on any atom is -0.298 e. The van der Waals surface area contributed by atoms with E-state index in [1.165, 1.54) is 23.5 Å². The van der Waals surface area contributed by atoms with E-state index in [0.717, 1.165) is 15.5 Å². The maximum absolute atomic E-state index is 12.6. The number of carbonyl (C=O) groups excluding carboxylic acids is 1. The fourth-order valence-corrected chi connectivity index (χ4v) is 3.51. The zero-order valence-electron chi connectivity index (χ0n) is 12.8. The predicted octanol–water partition coefficient (Wildman–Crippen LogP) is 4.61. The monoisotopic (exact) mass is 349 g/mol. The molecule has 4 rings (SSSR count). The summed E-state index contributed by atoms with van der Waals surface area (Å²) in [5.74, 6) is -0.259. The van der Waals surface area contributed by atoms with E-state index in [1.54, 1.807) is 12.1 Å². The highest BCUT2D eigenvalue weighted by atomic mass is 32.1. The van der Waals surface area contributed by atoms with Crippen molar-refractivity contribution in [2.24, 2.45) is 0 Å². The van der Waals surface area contributed by atoms with Crippen molar-refractivity contribution >= 4 is 49.1 Å². The van der Waals surface area contributed by atoms with Gasteiger partial charge in [0, 0.05) is 17.7 Å². The number of non-ortho nitro benzene ring substituents is 1. The first-order chi connectivity index (χ1) is 12.1. The Morgan fingerprint density at radius 2 is 1.88 bits per heavy atom. The Bertz CT molecular complexity index is 1130. The van der Waals surface area contributed by atoms with Gasteiger partial charge in [-0.15, -0.1) is 0 Å².